The highest BCUT2D eigenvalue weighted by Crippen LogP contribution is 2.43. The molecule has 0 atom stereocenters. The number of hydrogen-bond acceptors (Lipinski definition) is 4. The first-order valence-electron chi connectivity index (χ1n) is 27.0. The monoisotopic (exact) mass is 1020 g/mol. The van der Waals surface area contributed by atoms with E-state index in [1.165, 1.54) is 44.2 Å². The van der Waals surface area contributed by atoms with Gasteiger partial charge < -0.3 is 9.13 Å². The third-order valence-electron chi connectivity index (χ3n) is 15.4. The van der Waals surface area contributed by atoms with Gasteiger partial charge in [-0.2, -0.15) is 0 Å². The molecule has 0 bridgehead atoms. The van der Waals surface area contributed by atoms with E-state index in [2.05, 4.69) is 234 Å². The van der Waals surface area contributed by atoms with Crippen molar-refractivity contribution in [1.82, 2.24) is 29.1 Å². The van der Waals surface area contributed by atoms with Crippen molar-refractivity contribution in [3.63, 3.8) is 0 Å². The highest BCUT2D eigenvalue weighted by atomic mass is 15.0. The maximum Gasteiger partial charge on any atom is 0.164 e. The first kappa shape index (κ1) is 46.5. The molecule has 0 N–H and O–H groups in total. The van der Waals surface area contributed by atoms with Crippen molar-refractivity contribution < 1.29 is 0 Å². The zero-order valence-corrected chi connectivity index (χ0v) is 43.4. The van der Waals surface area contributed by atoms with E-state index in [0.29, 0.717) is 17.5 Å². The lowest BCUT2D eigenvalue weighted by atomic mass is 10.0. The molecular formula is C74H48N6. The summed E-state index contributed by atoms with van der Waals surface area (Å²) in [5, 5.41) is 4.66. The minimum Gasteiger partial charge on any atom is -0.309 e. The molecule has 0 aliphatic heterocycles. The molecule has 0 aliphatic rings. The molecule has 0 fully saturated rings. The van der Waals surface area contributed by atoms with Gasteiger partial charge in [0.15, 0.2) is 17.5 Å². The topological polar surface area (TPSA) is 61.4 Å². The number of aromatic nitrogens is 6. The molecule has 4 aromatic heterocycles. The van der Waals surface area contributed by atoms with Crippen LogP contribution in [0.4, 0.5) is 0 Å². The van der Waals surface area contributed by atoms with Crippen LogP contribution >= 0.6 is 0 Å². The first-order chi connectivity index (χ1) is 39.6. The van der Waals surface area contributed by atoms with E-state index in [1.807, 2.05) is 66.9 Å². The quantitative estimate of drug-likeness (QED) is 0.137. The summed E-state index contributed by atoms with van der Waals surface area (Å²) in [6.07, 6.45) is 1.95. The number of nitrogens with zero attached hydrogens (tertiary/aromatic N) is 6. The number of rotatable bonds is 10. The largest absolute Gasteiger partial charge is 0.309 e. The Labute approximate surface area is 462 Å². The van der Waals surface area contributed by atoms with Gasteiger partial charge in [0.05, 0.1) is 33.4 Å². The standard InChI is InChI=1S/C74H48N6/c1-7-19-49(20-8-1)55-31-36-67-61(43-55)62-44-56(50-21-9-2-10-22-50)32-37-68(62)79(67)60-41-42-75-66(48-60)65-47-59(74-77-72(53-27-15-5-16-28-53)76-73(78-74)54-29-17-6-18-30-54)35-40-71(65)80-69-38-33-57(51-23-11-3-12-24-51)45-63(69)64-46-58(34-39-70(64)80)52-25-13-4-14-26-52/h1-48H. The Hall–Kier alpha value is -10.8. The van der Waals surface area contributed by atoms with E-state index in [9.17, 15) is 0 Å². The van der Waals surface area contributed by atoms with Crippen molar-refractivity contribution in [3.8, 4) is 101 Å². The fourth-order valence-electron chi connectivity index (χ4n) is 11.5. The molecule has 0 saturated carbocycles. The molecule has 4 heterocycles. The molecule has 11 aromatic carbocycles. The van der Waals surface area contributed by atoms with Gasteiger partial charge in [-0.1, -0.05) is 206 Å². The molecule has 0 radical (unpaired) electrons. The number of benzene rings is 11. The number of fused-ring (bicyclic) bond motifs is 6. The second-order valence-corrected chi connectivity index (χ2v) is 20.2. The molecule has 15 rings (SSSR count). The Morgan fingerprint density at radius 1 is 0.237 bits per heavy atom. The van der Waals surface area contributed by atoms with E-state index >= 15 is 0 Å². The molecule has 0 saturated heterocycles. The van der Waals surface area contributed by atoms with Crippen molar-refractivity contribution in [2.75, 3.05) is 0 Å². The summed E-state index contributed by atoms with van der Waals surface area (Å²) >= 11 is 0. The average molecular weight is 1020 g/mol. The van der Waals surface area contributed by atoms with Crippen LogP contribution in [-0.2, 0) is 0 Å². The van der Waals surface area contributed by atoms with Gasteiger partial charge in [0.1, 0.15) is 0 Å². The number of hydrogen-bond donors (Lipinski definition) is 0. The van der Waals surface area contributed by atoms with Gasteiger partial charge in [-0.3, -0.25) is 4.98 Å². The Kier molecular flexibility index (Phi) is 11.4. The first-order valence-corrected chi connectivity index (χ1v) is 27.0. The molecule has 0 amide bonds. The van der Waals surface area contributed by atoms with E-state index in [-0.39, 0.29) is 0 Å². The summed E-state index contributed by atoms with van der Waals surface area (Å²) in [5.74, 6) is 1.77. The maximum absolute atomic E-state index is 5.31. The van der Waals surface area contributed by atoms with E-state index in [0.717, 1.165) is 83.3 Å². The predicted molar refractivity (Wildman–Crippen MR) is 330 cm³/mol. The van der Waals surface area contributed by atoms with Crippen LogP contribution in [0.25, 0.3) is 145 Å². The molecule has 0 aliphatic carbocycles. The molecule has 6 heteroatoms. The fourth-order valence-corrected chi connectivity index (χ4v) is 11.5. The van der Waals surface area contributed by atoms with Crippen LogP contribution < -0.4 is 0 Å². The highest BCUT2D eigenvalue weighted by molar-refractivity contribution is 6.13. The van der Waals surface area contributed by atoms with E-state index in [4.69, 9.17) is 19.9 Å². The summed E-state index contributed by atoms with van der Waals surface area (Å²) in [7, 11) is 0. The Bertz CT molecular complexity index is 4530. The van der Waals surface area contributed by atoms with Crippen LogP contribution in [0.15, 0.2) is 291 Å². The molecule has 80 heavy (non-hydrogen) atoms. The van der Waals surface area contributed by atoms with Crippen LogP contribution in [0.2, 0.25) is 0 Å². The molecular weight excluding hydrogens is 973 g/mol. The summed E-state index contributed by atoms with van der Waals surface area (Å²) in [4.78, 5) is 20.8. The lowest BCUT2D eigenvalue weighted by molar-refractivity contribution is 1.07. The Morgan fingerprint density at radius 2 is 0.562 bits per heavy atom. The van der Waals surface area contributed by atoms with E-state index in [1.54, 1.807) is 0 Å². The van der Waals surface area contributed by atoms with Gasteiger partial charge in [-0.15, -0.1) is 0 Å². The van der Waals surface area contributed by atoms with Crippen molar-refractivity contribution in [2.24, 2.45) is 0 Å². The summed E-state index contributed by atoms with van der Waals surface area (Å²) in [5.41, 5.74) is 20.1. The number of pyridine rings is 1. The molecule has 15 aromatic rings. The minimum absolute atomic E-state index is 0.565. The van der Waals surface area contributed by atoms with Gasteiger partial charge in [0, 0.05) is 55.7 Å². The van der Waals surface area contributed by atoms with Gasteiger partial charge in [0.25, 0.3) is 0 Å². The third-order valence-corrected chi connectivity index (χ3v) is 15.4. The molecule has 374 valence electrons. The summed E-state index contributed by atoms with van der Waals surface area (Å²) in [6, 6.07) is 101. The van der Waals surface area contributed by atoms with Gasteiger partial charge >= 0.3 is 0 Å². The summed E-state index contributed by atoms with van der Waals surface area (Å²) < 4.78 is 4.81. The zero-order valence-electron chi connectivity index (χ0n) is 43.4. The normalized spacial score (nSPS) is 11.5. The molecule has 0 spiro atoms. The lowest BCUT2D eigenvalue weighted by Gasteiger charge is -2.17. The average Bonchev–Trinajstić information content (AvgIpc) is 4.05. The van der Waals surface area contributed by atoms with Gasteiger partial charge in [0.2, 0.25) is 0 Å². The maximum atomic E-state index is 5.31. The highest BCUT2D eigenvalue weighted by Gasteiger charge is 2.22. The van der Waals surface area contributed by atoms with Crippen LogP contribution in [0.1, 0.15) is 0 Å². The van der Waals surface area contributed by atoms with Crippen molar-refractivity contribution in [1.29, 1.82) is 0 Å². The van der Waals surface area contributed by atoms with Crippen molar-refractivity contribution >= 4 is 43.6 Å². The van der Waals surface area contributed by atoms with Crippen LogP contribution in [-0.4, -0.2) is 29.1 Å². The minimum atomic E-state index is 0.565. The third kappa shape index (κ3) is 8.31. The van der Waals surface area contributed by atoms with Crippen LogP contribution in [0, 0.1) is 0 Å². The molecule has 6 nitrogen and oxygen atoms in total. The van der Waals surface area contributed by atoms with Gasteiger partial charge in [-0.25, -0.2) is 15.0 Å². The van der Waals surface area contributed by atoms with Crippen LogP contribution in [0.5, 0.6) is 0 Å². The predicted octanol–water partition coefficient (Wildman–Crippen LogP) is 18.8. The zero-order chi connectivity index (χ0) is 52.9. The SMILES string of the molecule is c1ccc(-c2ccc3c(c2)c2cc(-c4ccccc4)ccc2n3-c2ccnc(-c3cc(-c4nc(-c5ccccc5)nc(-c5ccccc5)n4)ccc3-n3c4ccc(-c5ccccc5)cc4c4cc(-c5ccccc5)ccc43)c2)cc1. The second kappa shape index (κ2) is 19.6. The van der Waals surface area contributed by atoms with Crippen molar-refractivity contribution in [2.45, 2.75) is 0 Å². The summed E-state index contributed by atoms with van der Waals surface area (Å²) in [6.45, 7) is 0. The fraction of sp³-hybridized carbons (Fsp3) is 0. The van der Waals surface area contributed by atoms with Crippen molar-refractivity contribution in [3.05, 3.63) is 291 Å². The lowest BCUT2D eigenvalue weighted by Crippen LogP contribution is -2.03. The second-order valence-electron chi connectivity index (χ2n) is 20.2. The molecule has 0 unspecified atom stereocenters. The smallest absolute Gasteiger partial charge is 0.164 e. The van der Waals surface area contributed by atoms with E-state index < -0.39 is 0 Å². The van der Waals surface area contributed by atoms with Crippen LogP contribution in [0.3, 0.4) is 0 Å². The Morgan fingerprint density at radius 3 is 0.938 bits per heavy atom. The Balaban J connectivity index is 0.981. The van der Waals surface area contributed by atoms with Gasteiger partial charge in [-0.05, 0) is 123 Å².